The second-order valence-electron chi connectivity index (χ2n) is 5.46. The van der Waals surface area contributed by atoms with E-state index in [4.69, 9.17) is 0 Å². The molecule has 1 nitrogen and oxygen atoms in total. The molecule has 22 heavy (non-hydrogen) atoms. The molecule has 118 valence electrons. The Balaban J connectivity index is 1.88. The number of hydrogen-bond donors (Lipinski definition) is 1. The molecule has 4 heteroatoms. The van der Waals surface area contributed by atoms with Gasteiger partial charge in [-0.1, -0.05) is 48.5 Å². The topological polar surface area (TPSA) is 12.0 Å². The molecule has 0 heterocycles. The third-order valence-corrected chi connectivity index (χ3v) is 3.67. The van der Waals surface area contributed by atoms with Gasteiger partial charge in [-0.05, 0) is 37.0 Å². The number of aryl methyl sites for hydroxylation is 1. The lowest BCUT2D eigenvalue weighted by Crippen LogP contribution is -2.27. The van der Waals surface area contributed by atoms with Crippen molar-refractivity contribution >= 4 is 0 Å². The van der Waals surface area contributed by atoms with E-state index in [1.807, 2.05) is 25.1 Å². The summed E-state index contributed by atoms with van der Waals surface area (Å²) in [6, 6.07) is 16.0. The summed E-state index contributed by atoms with van der Waals surface area (Å²) in [7, 11) is 0. The van der Waals surface area contributed by atoms with Crippen LogP contribution in [0.2, 0.25) is 0 Å². The zero-order chi connectivity index (χ0) is 16.0. The third-order valence-electron chi connectivity index (χ3n) is 3.67. The highest BCUT2D eigenvalue weighted by molar-refractivity contribution is 5.29. The predicted octanol–water partition coefficient (Wildman–Crippen LogP) is 4.82. The number of rotatable bonds is 6. The Bertz CT molecular complexity index is 578. The van der Waals surface area contributed by atoms with Gasteiger partial charge in [-0.15, -0.1) is 0 Å². The molecule has 0 bridgehead atoms. The maximum atomic E-state index is 12.9. The van der Waals surface area contributed by atoms with E-state index in [1.54, 1.807) is 6.07 Å². The minimum absolute atomic E-state index is 0.154. The van der Waals surface area contributed by atoms with Crippen LogP contribution in [0.4, 0.5) is 13.2 Å². The van der Waals surface area contributed by atoms with Crippen LogP contribution >= 0.6 is 0 Å². The predicted molar refractivity (Wildman–Crippen MR) is 82.5 cm³/mol. The molecule has 1 N–H and O–H groups in total. The molecule has 0 fully saturated rings. The summed E-state index contributed by atoms with van der Waals surface area (Å²) in [5.41, 5.74) is 0.978. The summed E-state index contributed by atoms with van der Waals surface area (Å²) in [6.07, 6.45) is -2.50. The molecule has 2 rings (SSSR count). The number of benzene rings is 2. The van der Waals surface area contributed by atoms with Gasteiger partial charge in [-0.25, -0.2) is 0 Å². The third kappa shape index (κ3) is 4.88. The molecule has 0 saturated heterocycles. The fourth-order valence-corrected chi connectivity index (χ4v) is 2.37. The minimum Gasteiger partial charge on any atom is -0.310 e. The highest BCUT2D eigenvalue weighted by atomic mass is 19.4. The van der Waals surface area contributed by atoms with Gasteiger partial charge in [0.25, 0.3) is 0 Å². The first-order valence-electron chi connectivity index (χ1n) is 7.39. The maximum absolute atomic E-state index is 12.9. The largest absolute Gasteiger partial charge is 0.416 e. The minimum atomic E-state index is -4.30. The van der Waals surface area contributed by atoms with Gasteiger partial charge in [0.15, 0.2) is 0 Å². The average Bonchev–Trinajstić information content (AvgIpc) is 2.51. The summed E-state index contributed by atoms with van der Waals surface area (Å²) < 4.78 is 38.7. The highest BCUT2D eigenvalue weighted by Gasteiger charge is 2.32. The van der Waals surface area contributed by atoms with Crippen LogP contribution in [0.15, 0.2) is 54.6 Å². The molecule has 0 aliphatic carbocycles. The van der Waals surface area contributed by atoms with Crippen LogP contribution in [-0.2, 0) is 19.1 Å². The van der Waals surface area contributed by atoms with Gasteiger partial charge in [0.2, 0.25) is 0 Å². The first kappa shape index (κ1) is 16.6. The van der Waals surface area contributed by atoms with Gasteiger partial charge in [-0.2, -0.15) is 13.2 Å². The average molecular weight is 307 g/mol. The first-order valence-corrected chi connectivity index (χ1v) is 7.39. The molecule has 2 aromatic rings. The zero-order valence-electron chi connectivity index (χ0n) is 12.5. The van der Waals surface area contributed by atoms with Gasteiger partial charge in [0.1, 0.15) is 0 Å². The molecule has 0 aliphatic rings. The van der Waals surface area contributed by atoms with E-state index in [-0.39, 0.29) is 12.6 Å². The van der Waals surface area contributed by atoms with Crippen molar-refractivity contribution in [2.24, 2.45) is 0 Å². The Kier molecular flexibility index (Phi) is 5.61. The number of alkyl halides is 3. The van der Waals surface area contributed by atoms with E-state index in [0.29, 0.717) is 5.56 Å². The second-order valence-corrected chi connectivity index (χ2v) is 5.46. The number of nitrogens with one attached hydrogen (secondary N) is 1. The quantitative estimate of drug-likeness (QED) is 0.807. The lowest BCUT2D eigenvalue weighted by molar-refractivity contribution is -0.138. The Hall–Kier alpha value is -1.81. The Morgan fingerprint density at radius 2 is 1.59 bits per heavy atom. The van der Waals surface area contributed by atoms with Crippen molar-refractivity contribution in [3.8, 4) is 0 Å². The van der Waals surface area contributed by atoms with Gasteiger partial charge in [0.05, 0.1) is 5.56 Å². The van der Waals surface area contributed by atoms with Crippen molar-refractivity contribution in [2.45, 2.75) is 38.5 Å². The Morgan fingerprint density at radius 3 is 2.27 bits per heavy atom. The fourth-order valence-electron chi connectivity index (χ4n) is 2.37. The van der Waals surface area contributed by atoms with Crippen molar-refractivity contribution in [2.75, 3.05) is 0 Å². The Labute approximate surface area is 129 Å². The van der Waals surface area contributed by atoms with E-state index in [0.717, 1.165) is 18.9 Å². The molecule has 0 aromatic heterocycles. The van der Waals surface area contributed by atoms with Crippen LogP contribution in [0.5, 0.6) is 0 Å². The van der Waals surface area contributed by atoms with Gasteiger partial charge >= 0.3 is 6.18 Å². The van der Waals surface area contributed by atoms with Crippen molar-refractivity contribution in [3.05, 3.63) is 71.3 Å². The fraction of sp³-hybridized carbons (Fsp3) is 0.333. The van der Waals surface area contributed by atoms with Crippen LogP contribution < -0.4 is 5.32 Å². The van der Waals surface area contributed by atoms with Crippen LogP contribution in [0.3, 0.4) is 0 Å². The van der Waals surface area contributed by atoms with E-state index >= 15 is 0 Å². The van der Waals surface area contributed by atoms with Gasteiger partial charge < -0.3 is 5.32 Å². The lowest BCUT2D eigenvalue weighted by atomic mass is 10.0. The van der Waals surface area contributed by atoms with Crippen molar-refractivity contribution in [3.63, 3.8) is 0 Å². The van der Waals surface area contributed by atoms with E-state index in [2.05, 4.69) is 17.4 Å². The zero-order valence-corrected chi connectivity index (χ0v) is 12.5. The van der Waals surface area contributed by atoms with Crippen LogP contribution in [0, 0.1) is 0 Å². The standard InChI is InChI=1S/C18H20F3N/c1-14(11-12-15-7-3-2-4-8-15)22-13-16-9-5-6-10-17(16)18(19,20)21/h2-10,14,22H,11-13H2,1H3. The van der Waals surface area contributed by atoms with Crippen LogP contribution in [0.1, 0.15) is 30.0 Å². The van der Waals surface area contributed by atoms with Gasteiger partial charge in [0, 0.05) is 12.6 Å². The summed E-state index contributed by atoms with van der Waals surface area (Å²) >= 11 is 0. The maximum Gasteiger partial charge on any atom is 0.416 e. The second kappa shape index (κ2) is 7.45. The molecule has 1 unspecified atom stereocenters. The molecular formula is C18H20F3N. The van der Waals surface area contributed by atoms with E-state index in [9.17, 15) is 13.2 Å². The van der Waals surface area contributed by atoms with E-state index in [1.165, 1.54) is 17.7 Å². The van der Waals surface area contributed by atoms with Crippen molar-refractivity contribution in [1.29, 1.82) is 0 Å². The smallest absolute Gasteiger partial charge is 0.310 e. The molecular weight excluding hydrogens is 287 g/mol. The number of halogens is 3. The van der Waals surface area contributed by atoms with Crippen LogP contribution in [-0.4, -0.2) is 6.04 Å². The lowest BCUT2D eigenvalue weighted by Gasteiger charge is -2.17. The first-order chi connectivity index (χ1) is 10.5. The van der Waals surface area contributed by atoms with Crippen molar-refractivity contribution in [1.82, 2.24) is 5.32 Å². The molecule has 0 aliphatic heterocycles. The summed E-state index contributed by atoms with van der Waals surface area (Å²) in [5.74, 6) is 0. The molecule has 1 atom stereocenters. The molecule has 0 spiro atoms. The monoisotopic (exact) mass is 307 g/mol. The Morgan fingerprint density at radius 1 is 0.955 bits per heavy atom. The van der Waals surface area contributed by atoms with Crippen molar-refractivity contribution < 1.29 is 13.2 Å². The summed E-state index contributed by atoms with van der Waals surface area (Å²) in [6.45, 7) is 2.23. The van der Waals surface area contributed by atoms with E-state index < -0.39 is 11.7 Å². The summed E-state index contributed by atoms with van der Waals surface area (Å²) in [5, 5.41) is 3.18. The van der Waals surface area contributed by atoms with Crippen LogP contribution in [0.25, 0.3) is 0 Å². The van der Waals surface area contributed by atoms with Gasteiger partial charge in [-0.3, -0.25) is 0 Å². The summed E-state index contributed by atoms with van der Waals surface area (Å²) in [4.78, 5) is 0. The molecule has 2 aromatic carbocycles. The SMILES string of the molecule is CC(CCc1ccccc1)NCc1ccccc1C(F)(F)F. The normalized spacial score (nSPS) is 13.1. The molecule has 0 amide bonds. The molecule has 0 radical (unpaired) electrons. The number of hydrogen-bond acceptors (Lipinski definition) is 1. The molecule has 0 saturated carbocycles. The highest BCUT2D eigenvalue weighted by Crippen LogP contribution is 2.31.